The van der Waals surface area contributed by atoms with E-state index >= 15 is 0 Å². The summed E-state index contributed by atoms with van der Waals surface area (Å²) < 4.78 is 6.21. The summed E-state index contributed by atoms with van der Waals surface area (Å²) in [6.07, 6.45) is 4.32. The Morgan fingerprint density at radius 1 is 1.08 bits per heavy atom. The van der Waals surface area contributed by atoms with Crippen LogP contribution in [0.3, 0.4) is 0 Å². The van der Waals surface area contributed by atoms with E-state index in [9.17, 15) is 9.59 Å². The van der Waals surface area contributed by atoms with Crippen LogP contribution >= 0.6 is 11.6 Å². The first-order valence-electron chi connectivity index (χ1n) is 13.5. The fourth-order valence-electron chi connectivity index (χ4n) is 5.44. The first-order chi connectivity index (χ1) is 17.8. The molecule has 1 unspecified atom stereocenters. The van der Waals surface area contributed by atoms with Crippen LogP contribution in [0.25, 0.3) is 0 Å². The highest BCUT2D eigenvalue weighted by Crippen LogP contribution is 2.36. The lowest BCUT2D eigenvalue weighted by atomic mass is 9.77. The van der Waals surface area contributed by atoms with Gasteiger partial charge in [-0.3, -0.25) is 14.5 Å². The second-order valence-electron chi connectivity index (χ2n) is 11.0. The maximum absolute atomic E-state index is 13.4. The van der Waals surface area contributed by atoms with Crippen LogP contribution in [0.15, 0.2) is 54.6 Å². The summed E-state index contributed by atoms with van der Waals surface area (Å²) in [5, 5.41) is 0.613. The molecule has 200 valence electrons. The Bertz CT molecular complexity index is 1040. The number of carbonyl (C=O) groups excluding carboxylic acids is 2. The SMILES string of the molecule is CC1CCN(CC(=O)N2CCCC(COc3cccc(Cl)c3)(CC(=O)N(C)Cc3ccccc3)C2)CC1. The average Bonchev–Trinajstić information content (AvgIpc) is 2.89. The van der Waals surface area contributed by atoms with Gasteiger partial charge < -0.3 is 14.5 Å². The van der Waals surface area contributed by atoms with E-state index in [4.69, 9.17) is 16.3 Å². The fourth-order valence-corrected chi connectivity index (χ4v) is 5.62. The number of likely N-dealkylation sites (tertiary alicyclic amines) is 2. The molecular formula is C30H40ClN3O3. The third-order valence-electron chi connectivity index (χ3n) is 7.80. The molecule has 2 fully saturated rings. The normalized spacial score (nSPS) is 21.0. The molecule has 0 aromatic heterocycles. The van der Waals surface area contributed by atoms with Gasteiger partial charge in [0.1, 0.15) is 5.75 Å². The molecule has 2 aliphatic heterocycles. The van der Waals surface area contributed by atoms with Crippen molar-refractivity contribution in [2.75, 3.05) is 46.4 Å². The molecule has 2 aromatic carbocycles. The summed E-state index contributed by atoms with van der Waals surface area (Å²) in [4.78, 5) is 32.8. The largest absolute Gasteiger partial charge is 0.493 e. The molecule has 1 atom stereocenters. The average molecular weight is 526 g/mol. The van der Waals surface area contributed by atoms with Crippen molar-refractivity contribution in [1.82, 2.24) is 14.7 Å². The number of nitrogens with zero attached hydrogens (tertiary/aromatic N) is 3. The van der Waals surface area contributed by atoms with Gasteiger partial charge in [-0.25, -0.2) is 0 Å². The zero-order valence-corrected chi connectivity index (χ0v) is 23.0. The van der Waals surface area contributed by atoms with Crippen molar-refractivity contribution in [2.24, 2.45) is 11.3 Å². The Morgan fingerprint density at radius 2 is 1.84 bits per heavy atom. The van der Waals surface area contributed by atoms with Gasteiger partial charge in [0.05, 0.1) is 13.2 Å². The first kappa shape index (κ1) is 27.5. The molecule has 0 radical (unpaired) electrons. The van der Waals surface area contributed by atoms with Gasteiger partial charge in [-0.05, 0) is 68.5 Å². The zero-order chi connectivity index (χ0) is 26.3. The maximum atomic E-state index is 13.4. The van der Waals surface area contributed by atoms with Crippen molar-refractivity contribution >= 4 is 23.4 Å². The van der Waals surface area contributed by atoms with Crippen molar-refractivity contribution in [2.45, 2.75) is 45.6 Å². The van der Waals surface area contributed by atoms with E-state index in [1.165, 1.54) is 0 Å². The molecule has 0 bridgehead atoms. The summed E-state index contributed by atoms with van der Waals surface area (Å²) >= 11 is 6.17. The van der Waals surface area contributed by atoms with E-state index in [1.807, 2.05) is 60.5 Å². The highest BCUT2D eigenvalue weighted by Gasteiger charge is 2.41. The molecule has 0 saturated carbocycles. The van der Waals surface area contributed by atoms with Gasteiger partial charge in [-0.15, -0.1) is 0 Å². The molecule has 2 amide bonds. The van der Waals surface area contributed by atoms with Crippen LogP contribution < -0.4 is 4.74 Å². The van der Waals surface area contributed by atoms with Gasteiger partial charge in [-0.1, -0.05) is 54.9 Å². The van der Waals surface area contributed by atoms with E-state index in [-0.39, 0.29) is 11.8 Å². The number of hydrogen-bond donors (Lipinski definition) is 0. The number of amides is 2. The molecule has 0 spiro atoms. The lowest BCUT2D eigenvalue weighted by Gasteiger charge is -2.43. The fraction of sp³-hybridized carbons (Fsp3) is 0.533. The van der Waals surface area contributed by atoms with Gasteiger partial charge in [0.2, 0.25) is 11.8 Å². The van der Waals surface area contributed by atoms with Crippen LogP contribution in [0.4, 0.5) is 0 Å². The third kappa shape index (κ3) is 7.96. The highest BCUT2D eigenvalue weighted by atomic mass is 35.5. The topological polar surface area (TPSA) is 53.1 Å². The van der Waals surface area contributed by atoms with Gasteiger partial charge in [0, 0.05) is 43.5 Å². The lowest BCUT2D eigenvalue weighted by Crippen LogP contribution is -2.53. The van der Waals surface area contributed by atoms with Gasteiger partial charge in [0.15, 0.2) is 0 Å². The van der Waals surface area contributed by atoms with Crippen molar-refractivity contribution in [3.05, 3.63) is 65.2 Å². The minimum atomic E-state index is -0.450. The Hall–Kier alpha value is -2.57. The van der Waals surface area contributed by atoms with Crippen molar-refractivity contribution in [1.29, 1.82) is 0 Å². The standard InChI is InChI=1S/C30H40ClN3O3/c1-24-12-16-33(17-13-24)21-29(36)34-15-7-14-30(22-34,23-37-27-11-6-10-26(31)18-27)19-28(35)32(2)20-25-8-4-3-5-9-25/h3-6,8-11,18,24H,7,12-17,19-23H2,1-2H3. The van der Waals surface area contributed by atoms with Crippen molar-refractivity contribution < 1.29 is 14.3 Å². The van der Waals surface area contributed by atoms with E-state index in [2.05, 4.69) is 11.8 Å². The van der Waals surface area contributed by atoms with Gasteiger partial charge >= 0.3 is 0 Å². The summed E-state index contributed by atoms with van der Waals surface area (Å²) in [5.41, 5.74) is 0.646. The molecular weight excluding hydrogens is 486 g/mol. The van der Waals surface area contributed by atoms with Gasteiger partial charge in [0.25, 0.3) is 0 Å². The molecule has 2 aromatic rings. The second kappa shape index (κ2) is 12.8. The molecule has 37 heavy (non-hydrogen) atoms. The third-order valence-corrected chi connectivity index (χ3v) is 8.04. The molecule has 4 rings (SSSR count). The molecule has 2 saturated heterocycles. The molecule has 0 N–H and O–H groups in total. The summed E-state index contributed by atoms with van der Waals surface area (Å²) in [6.45, 7) is 6.88. The van der Waals surface area contributed by atoms with E-state index in [0.717, 1.165) is 56.8 Å². The Morgan fingerprint density at radius 3 is 2.57 bits per heavy atom. The summed E-state index contributed by atoms with van der Waals surface area (Å²) in [7, 11) is 1.85. The quantitative estimate of drug-likeness (QED) is 0.456. The van der Waals surface area contributed by atoms with E-state index < -0.39 is 5.41 Å². The molecule has 7 heteroatoms. The van der Waals surface area contributed by atoms with Crippen LogP contribution in [0.5, 0.6) is 5.75 Å². The zero-order valence-electron chi connectivity index (χ0n) is 22.2. The molecule has 6 nitrogen and oxygen atoms in total. The van der Waals surface area contributed by atoms with E-state index in [1.54, 1.807) is 11.0 Å². The smallest absolute Gasteiger partial charge is 0.236 e. The number of benzene rings is 2. The van der Waals surface area contributed by atoms with E-state index in [0.29, 0.717) is 43.4 Å². The van der Waals surface area contributed by atoms with Crippen LogP contribution in [-0.2, 0) is 16.1 Å². The summed E-state index contributed by atoms with van der Waals surface area (Å²) in [5.74, 6) is 1.64. The highest BCUT2D eigenvalue weighted by molar-refractivity contribution is 6.30. The molecule has 2 aliphatic rings. The molecule has 0 aliphatic carbocycles. The maximum Gasteiger partial charge on any atom is 0.236 e. The Labute approximate surface area is 226 Å². The number of ether oxygens (including phenoxy) is 1. The number of rotatable bonds is 9. The van der Waals surface area contributed by atoms with Crippen LogP contribution in [-0.4, -0.2) is 72.9 Å². The lowest BCUT2D eigenvalue weighted by molar-refractivity contribution is -0.142. The van der Waals surface area contributed by atoms with Crippen LogP contribution in [0.1, 0.15) is 44.6 Å². The molecule has 2 heterocycles. The summed E-state index contributed by atoms with van der Waals surface area (Å²) in [6, 6.07) is 17.4. The first-order valence-corrected chi connectivity index (χ1v) is 13.9. The van der Waals surface area contributed by atoms with Crippen molar-refractivity contribution in [3.63, 3.8) is 0 Å². The Balaban J connectivity index is 1.45. The predicted octanol–water partition coefficient (Wildman–Crippen LogP) is 5.11. The predicted molar refractivity (Wildman–Crippen MR) is 148 cm³/mol. The van der Waals surface area contributed by atoms with Crippen LogP contribution in [0, 0.1) is 11.3 Å². The monoisotopic (exact) mass is 525 g/mol. The second-order valence-corrected chi connectivity index (χ2v) is 11.5. The number of hydrogen-bond acceptors (Lipinski definition) is 4. The van der Waals surface area contributed by atoms with Crippen molar-refractivity contribution in [3.8, 4) is 5.75 Å². The Kier molecular flexibility index (Phi) is 9.49. The van der Waals surface area contributed by atoms with Crippen LogP contribution in [0.2, 0.25) is 5.02 Å². The minimum Gasteiger partial charge on any atom is -0.493 e. The number of piperidine rings is 2. The van der Waals surface area contributed by atoms with Gasteiger partial charge in [-0.2, -0.15) is 0 Å². The number of halogens is 1. The minimum absolute atomic E-state index is 0.0675. The number of carbonyl (C=O) groups is 2.